The lowest BCUT2D eigenvalue weighted by Gasteiger charge is -2.29. The number of halogens is 1. The largest absolute Gasteiger partial charge is 0.354 e. The molecule has 0 bridgehead atoms. The highest BCUT2D eigenvalue weighted by molar-refractivity contribution is 9.10. The molecular weight excluding hydrogens is 264 g/mol. The Labute approximate surface area is 106 Å². The molecule has 1 aliphatic heterocycles. The summed E-state index contributed by atoms with van der Waals surface area (Å²) in [6, 6.07) is 2.77. The highest BCUT2D eigenvalue weighted by Crippen LogP contribution is 2.26. The van der Waals surface area contributed by atoms with Gasteiger partial charge in [0.15, 0.2) is 0 Å². The summed E-state index contributed by atoms with van der Waals surface area (Å²) < 4.78 is 1.07. The Hall–Kier alpha value is -0.570. The van der Waals surface area contributed by atoms with E-state index in [4.69, 9.17) is 0 Å². The third-order valence-electron chi connectivity index (χ3n) is 3.34. The molecule has 0 saturated carbocycles. The van der Waals surface area contributed by atoms with Gasteiger partial charge in [0.1, 0.15) is 5.82 Å². The van der Waals surface area contributed by atoms with Gasteiger partial charge in [-0.05, 0) is 54.2 Å². The van der Waals surface area contributed by atoms with Gasteiger partial charge in [0, 0.05) is 23.3 Å². The van der Waals surface area contributed by atoms with Crippen molar-refractivity contribution >= 4 is 21.7 Å². The summed E-state index contributed by atoms with van der Waals surface area (Å²) in [4.78, 5) is 7.04. The number of hydrogen-bond acceptors (Lipinski definition) is 2. The van der Waals surface area contributed by atoms with Gasteiger partial charge in [-0.15, -0.1) is 0 Å². The maximum absolute atomic E-state index is 4.57. The molecule has 16 heavy (non-hydrogen) atoms. The van der Waals surface area contributed by atoms with Gasteiger partial charge in [0.2, 0.25) is 0 Å². The molecule has 1 atom stereocenters. The number of anilines is 1. The molecule has 3 heteroatoms. The SMILES string of the molecule is Cc1cc(Br)cnc1N1CCCCCC1C. The van der Waals surface area contributed by atoms with Gasteiger partial charge in [-0.1, -0.05) is 12.8 Å². The summed E-state index contributed by atoms with van der Waals surface area (Å²) in [5, 5.41) is 0. The van der Waals surface area contributed by atoms with Crippen LogP contribution in [0, 0.1) is 6.92 Å². The van der Waals surface area contributed by atoms with Crippen molar-refractivity contribution in [3.8, 4) is 0 Å². The number of aromatic nitrogens is 1. The second-order valence-corrected chi connectivity index (χ2v) is 5.60. The van der Waals surface area contributed by atoms with E-state index in [1.165, 1.54) is 31.2 Å². The minimum Gasteiger partial charge on any atom is -0.354 e. The zero-order chi connectivity index (χ0) is 11.5. The number of rotatable bonds is 1. The van der Waals surface area contributed by atoms with E-state index in [9.17, 15) is 0 Å². The minimum atomic E-state index is 0.620. The molecule has 1 unspecified atom stereocenters. The molecule has 1 aromatic rings. The fraction of sp³-hybridized carbons (Fsp3) is 0.615. The summed E-state index contributed by atoms with van der Waals surface area (Å²) in [6.45, 7) is 5.61. The van der Waals surface area contributed by atoms with E-state index in [0.29, 0.717) is 6.04 Å². The van der Waals surface area contributed by atoms with Crippen LogP contribution in [-0.2, 0) is 0 Å². The summed E-state index contributed by atoms with van der Waals surface area (Å²) >= 11 is 3.47. The molecular formula is C13H19BrN2. The van der Waals surface area contributed by atoms with Gasteiger partial charge < -0.3 is 4.90 Å². The molecule has 2 heterocycles. The standard InChI is InChI=1S/C13H19BrN2/c1-10-8-12(14)9-15-13(10)16-7-5-3-4-6-11(16)2/h8-9,11H,3-7H2,1-2H3. The fourth-order valence-electron chi connectivity index (χ4n) is 2.42. The monoisotopic (exact) mass is 282 g/mol. The number of nitrogens with zero attached hydrogens (tertiary/aromatic N) is 2. The Morgan fingerprint density at radius 1 is 1.38 bits per heavy atom. The molecule has 88 valence electrons. The van der Waals surface area contributed by atoms with Crippen LogP contribution in [0.5, 0.6) is 0 Å². The minimum absolute atomic E-state index is 0.620. The molecule has 1 aliphatic rings. The molecule has 0 aromatic carbocycles. The molecule has 1 saturated heterocycles. The van der Waals surface area contributed by atoms with Gasteiger partial charge in [0.05, 0.1) is 0 Å². The van der Waals surface area contributed by atoms with E-state index in [1.807, 2.05) is 6.20 Å². The topological polar surface area (TPSA) is 16.1 Å². The van der Waals surface area contributed by atoms with Crippen molar-refractivity contribution in [1.29, 1.82) is 0 Å². The predicted molar refractivity (Wildman–Crippen MR) is 72.0 cm³/mol. The van der Waals surface area contributed by atoms with Crippen molar-refractivity contribution in [3.05, 3.63) is 22.3 Å². The van der Waals surface area contributed by atoms with Gasteiger partial charge in [-0.2, -0.15) is 0 Å². The number of aryl methyl sites for hydroxylation is 1. The predicted octanol–water partition coefficient (Wildman–Crippen LogP) is 3.92. The van der Waals surface area contributed by atoms with Crippen molar-refractivity contribution in [2.45, 2.75) is 45.6 Å². The Kier molecular flexibility index (Phi) is 3.85. The van der Waals surface area contributed by atoms with Crippen LogP contribution in [0.2, 0.25) is 0 Å². The van der Waals surface area contributed by atoms with Crippen LogP contribution < -0.4 is 4.90 Å². The van der Waals surface area contributed by atoms with Crippen molar-refractivity contribution in [2.75, 3.05) is 11.4 Å². The summed E-state index contributed by atoms with van der Waals surface area (Å²) in [7, 11) is 0. The first-order chi connectivity index (χ1) is 7.68. The molecule has 1 aromatic heterocycles. The average molecular weight is 283 g/mol. The van der Waals surface area contributed by atoms with Crippen molar-refractivity contribution < 1.29 is 0 Å². The van der Waals surface area contributed by atoms with Gasteiger partial charge >= 0.3 is 0 Å². The molecule has 0 spiro atoms. The lowest BCUT2D eigenvalue weighted by molar-refractivity contribution is 0.610. The second kappa shape index (κ2) is 5.17. The van der Waals surface area contributed by atoms with Crippen LogP contribution in [0.1, 0.15) is 38.2 Å². The van der Waals surface area contributed by atoms with E-state index in [0.717, 1.165) is 16.8 Å². The smallest absolute Gasteiger partial charge is 0.131 e. The molecule has 2 nitrogen and oxygen atoms in total. The van der Waals surface area contributed by atoms with Crippen LogP contribution >= 0.6 is 15.9 Å². The molecule has 0 N–H and O–H groups in total. The Morgan fingerprint density at radius 2 is 2.19 bits per heavy atom. The van der Waals surface area contributed by atoms with Crippen LogP contribution in [0.4, 0.5) is 5.82 Å². The van der Waals surface area contributed by atoms with Crippen molar-refractivity contribution in [2.24, 2.45) is 0 Å². The van der Waals surface area contributed by atoms with Crippen LogP contribution in [0.15, 0.2) is 16.7 Å². The van der Waals surface area contributed by atoms with Crippen LogP contribution in [-0.4, -0.2) is 17.6 Å². The summed E-state index contributed by atoms with van der Waals surface area (Å²) in [6.07, 6.45) is 7.20. The van der Waals surface area contributed by atoms with Gasteiger partial charge in [-0.3, -0.25) is 0 Å². The lowest BCUT2D eigenvalue weighted by Crippen LogP contribution is -2.33. The van der Waals surface area contributed by atoms with Crippen molar-refractivity contribution in [3.63, 3.8) is 0 Å². The van der Waals surface area contributed by atoms with E-state index in [2.05, 4.69) is 45.7 Å². The number of pyridine rings is 1. The molecule has 0 aliphatic carbocycles. The number of hydrogen-bond donors (Lipinski definition) is 0. The third kappa shape index (κ3) is 2.57. The lowest BCUT2D eigenvalue weighted by atomic mass is 10.1. The van der Waals surface area contributed by atoms with E-state index < -0.39 is 0 Å². The first-order valence-electron chi connectivity index (χ1n) is 6.07. The highest BCUT2D eigenvalue weighted by atomic mass is 79.9. The molecule has 0 radical (unpaired) electrons. The Bertz CT molecular complexity index is 365. The first-order valence-corrected chi connectivity index (χ1v) is 6.86. The van der Waals surface area contributed by atoms with Gasteiger partial charge in [-0.25, -0.2) is 4.98 Å². The molecule has 1 fully saturated rings. The third-order valence-corrected chi connectivity index (χ3v) is 3.78. The van der Waals surface area contributed by atoms with Gasteiger partial charge in [0.25, 0.3) is 0 Å². The summed E-state index contributed by atoms with van der Waals surface area (Å²) in [5.41, 5.74) is 1.27. The normalized spacial score (nSPS) is 21.9. The van der Waals surface area contributed by atoms with E-state index in [1.54, 1.807) is 0 Å². The zero-order valence-corrected chi connectivity index (χ0v) is 11.6. The molecule has 2 rings (SSSR count). The second-order valence-electron chi connectivity index (χ2n) is 4.69. The molecule has 0 amide bonds. The van der Waals surface area contributed by atoms with E-state index >= 15 is 0 Å². The average Bonchev–Trinajstić information content (AvgIpc) is 2.44. The summed E-state index contributed by atoms with van der Waals surface area (Å²) in [5.74, 6) is 1.16. The maximum Gasteiger partial charge on any atom is 0.131 e. The Morgan fingerprint density at radius 3 is 2.94 bits per heavy atom. The first kappa shape index (κ1) is 11.9. The van der Waals surface area contributed by atoms with Crippen LogP contribution in [0.3, 0.4) is 0 Å². The Balaban J connectivity index is 2.27. The van der Waals surface area contributed by atoms with E-state index in [-0.39, 0.29) is 0 Å². The maximum atomic E-state index is 4.57. The highest BCUT2D eigenvalue weighted by Gasteiger charge is 2.19. The fourth-order valence-corrected chi connectivity index (χ4v) is 2.87. The quantitative estimate of drug-likeness (QED) is 0.776. The zero-order valence-electron chi connectivity index (χ0n) is 10.0. The van der Waals surface area contributed by atoms with Crippen LogP contribution in [0.25, 0.3) is 0 Å². The van der Waals surface area contributed by atoms with Crippen molar-refractivity contribution in [1.82, 2.24) is 4.98 Å².